The van der Waals surface area contributed by atoms with Crippen LogP contribution in [0.5, 0.6) is 0 Å². The number of amides is 2. The molecule has 1 aliphatic heterocycles. The highest BCUT2D eigenvalue weighted by Gasteiger charge is 2.30. The first-order valence-corrected chi connectivity index (χ1v) is 11.9. The molecule has 2 amide bonds. The summed E-state index contributed by atoms with van der Waals surface area (Å²) in [6, 6.07) is 18.9. The summed E-state index contributed by atoms with van der Waals surface area (Å²) in [5, 5.41) is 8.81. The molecule has 0 saturated heterocycles. The number of benzene rings is 3. The van der Waals surface area contributed by atoms with Gasteiger partial charge in [-0.05, 0) is 48.7 Å². The number of hydrazone groups is 1. The molecule has 0 aromatic heterocycles. The Balaban J connectivity index is 1.55. The summed E-state index contributed by atoms with van der Waals surface area (Å²) in [5.41, 5.74) is 4.16. The highest BCUT2D eigenvalue weighted by molar-refractivity contribution is 6.42. The normalized spacial score (nSPS) is 14.2. The topological polar surface area (TPSA) is 61.8 Å². The monoisotopic (exact) mass is 513 g/mol. The van der Waals surface area contributed by atoms with E-state index in [4.69, 9.17) is 34.8 Å². The number of aryl methyl sites for hydroxylation is 1. The minimum atomic E-state index is -0.361. The first-order valence-electron chi connectivity index (χ1n) is 10.8. The predicted octanol–water partition coefficient (Wildman–Crippen LogP) is 6.98. The molecule has 1 heterocycles. The number of carbonyl (C=O) groups excluding carboxylic acids is 2. The van der Waals surface area contributed by atoms with Crippen molar-refractivity contribution in [1.29, 1.82) is 0 Å². The fraction of sp³-hybridized carbons (Fsp3) is 0.192. The molecule has 0 radical (unpaired) electrons. The molecular formula is C26H22Cl3N3O2. The number of rotatable bonds is 5. The summed E-state index contributed by atoms with van der Waals surface area (Å²) < 4.78 is 0. The van der Waals surface area contributed by atoms with Crippen molar-refractivity contribution >= 4 is 58.1 Å². The van der Waals surface area contributed by atoms with Gasteiger partial charge in [0.15, 0.2) is 0 Å². The van der Waals surface area contributed by atoms with E-state index >= 15 is 0 Å². The predicted molar refractivity (Wildman–Crippen MR) is 138 cm³/mol. The van der Waals surface area contributed by atoms with Crippen molar-refractivity contribution in [2.45, 2.75) is 32.6 Å². The Bertz CT molecular complexity index is 1270. The van der Waals surface area contributed by atoms with E-state index in [1.807, 2.05) is 18.2 Å². The molecule has 0 aliphatic carbocycles. The summed E-state index contributed by atoms with van der Waals surface area (Å²) in [4.78, 5) is 25.5. The van der Waals surface area contributed by atoms with Gasteiger partial charge in [-0.1, -0.05) is 83.7 Å². The van der Waals surface area contributed by atoms with Crippen LogP contribution in [-0.2, 0) is 4.79 Å². The highest BCUT2D eigenvalue weighted by atomic mass is 35.5. The lowest BCUT2D eigenvalue weighted by Gasteiger charge is -2.17. The molecule has 3 aromatic carbocycles. The highest BCUT2D eigenvalue weighted by Crippen LogP contribution is 2.38. The van der Waals surface area contributed by atoms with Crippen molar-refractivity contribution in [3.8, 4) is 0 Å². The molecular weight excluding hydrogens is 493 g/mol. The molecule has 0 saturated carbocycles. The molecule has 0 fully saturated rings. The van der Waals surface area contributed by atoms with E-state index in [0.717, 1.165) is 17.0 Å². The van der Waals surface area contributed by atoms with Crippen LogP contribution in [0.1, 0.15) is 52.7 Å². The maximum Gasteiger partial charge on any atom is 0.256 e. The van der Waals surface area contributed by atoms with E-state index in [9.17, 15) is 9.59 Å². The Morgan fingerprint density at radius 2 is 1.71 bits per heavy atom. The van der Waals surface area contributed by atoms with E-state index in [1.165, 1.54) is 23.3 Å². The summed E-state index contributed by atoms with van der Waals surface area (Å²) in [6.45, 7) is 4.18. The van der Waals surface area contributed by atoms with Crippen LogP contribution in [0, 0.1) is 6.92 Å². The van der Waals surface area contributed by atoms with Gasteiger partial charge in [-0.15, -0.1) is 0 Å². The Morgan fingerprint density at radius 3 is 2.35 bits per heavy atom. The van der Waals surface area contributed by atoms with E-state index in [0.29, 0.717) is 10.6 Å². The number of nitrogens with zero attached hydrogens (tertiary/aromatic N) is 2. The van der Waals surface area contributed by atoms with Gasteiger partial charge >= 0.3 is 0 Å². The minimum Gasteiger partial charge on any atom is -0.308 e. The van der Waals surface area contributed by atoms with Crippen LogP contribution < -0.4 is 10.3 Å². The van der Waals surface area contributed by atoms with Crippen molar-refractivity contribution in [3.05, 3.63) is 98.0 Å². The van der Waals surface area contributed by atoms with Gasteiger partial charge in [0.25, 0.3) is 11.8 Å². The van der Waals surface area contributed by atoms with Gasteiger partial charge < -0.3 is 5.32 Å². The van der Waals surface area contributed by atoms with Crippen LogP contribution in [-0.4, -0.2) is 17.6 Å². The van der Waals surface area contributed by atoms with Crippen molar-refractivity contribution in [3.63, 3.8) is 0 Å². The average Bonchev–Trinajstić information content (AvgIpc) is 3.14. The summed E-state index contributed by atoms with van der Waals surface area (Å²) in [6.07, 6.45) is 0.814. The molecule has 34 heavy (non-hydrogen) atoms. The van der Waals surface area contributed by atoms with Gasteiger partial charge in [0.1, 0.15) is 11.5 Å². The SMILES string of the molecule is CCC(c1ccc(C)cc1)c1cccc(C(=O)NC2=NN(c3c(Cl)cc(Cl)cc3Cl)C(=O)C2)c1. The number of nitrogens with one attached hydrogen (secondary N) is 1. The van der Waals surface area contributed by atoms with Gasteiger partial charge in [0.05, 0.1) is 16.5 Å². The molecule has 1 atom stereocenters. The molecule has 4 rings (SSSR count). The smallest absolute Gasteiger partial charge is 0.256 e. The lowest BCUT2D eigenvalue weighted by Crippen LogP contribution is -2.29. The number of anilines is 1. The lowest BCUT2D eigenvalue weighted by atomic mass is 9.88. The second kappa shape index (κ2) is 10.2. The third kappa shape index (κ3) is 5.12. The number of carbonyl (C=O) groups is 2. The van der Waals surface area contributed by atoms with Gasteiger partial charge in [-0.3, -0.25) is 9.59 Å². The standard InChI is InChI=1S/C26H22Cl3N3O2/c1-3-20(16-9-7-15(2)8-10-16)17-5-4-6-18(11-17)26(34)30-23-14-24(33)32(31-23)25-21(28)12-19(27)13-22(25)29/h4-13,20H,3,14H2,1-2H3,(H,30,31,34). The molecule has 0 bridgehead atoms. The van der Waals surface area contributed by atoms with Crippen molar-refractivity contribution in [1.82, 2.24) is 5.32 Å². The summed E-state index contributed by atoms with van der Waals surface area (Å²) in [5.74, 6) is -0.320. The van der Waals surface area contributed by atoms with E-state index in [2.05, 4.69) is 48.5 Å². The zero-order valence-corrected chi connectivity index (χ0v) is 20.9. The summed E-state index contributed by atoms with van der Waals surface area (Å²) >= 11 is 18.4. The Kier molecular flexibility index (Phi) is 7.27. The fourth-order valence-corrected chi connectivity index (χ4v) is 4.95. The van der Waals surface area contributed by atoms with E-state index < -0.39 is 0 Å². The van der Waals surface area contributed by atoms with Gasteiger partial charge in [0, 0.05) is 16.5 Å². The van der Waals surface area contributed by atoms with Gasteiger partial charge in [-0.2, -0.15) is 10.1 Å². The molecule has 0 spiro atoms. The van der Waals surface area contributed by atoms with Gasteiger partial charge in [0.2, 0.25) is 0 Å². The van der Waals surface area contributed by atoms with Crippen molar-refractivity contribution in [2.75, 3.05) is 5.01 Å². The minimum absolute atomic E-state index is 0.0817. The number of hydrogen-bond donors (Lipinski definition) is 1. The molecule has 1 N–H and O–H groups in total. The number of amidine groups is 1. The summed E-state index contributed by atoms with van der Waals surface area (Å²) in [7, 11) is 0. The van der Waals surface area contributed by atoms with Gasteiger partial charge in [-0.25, -0.2) is 0 Å². The van der Waals surface area contributed by atoms with Crippen LogP contribution in [0.4, 0.5) is 5.69 Å². The molecule has 8 heteroatoms. The zero-order chi connectivity index (χ0) is 24.4. The molecule has 3 aromatic rings. The maximum atomic E-state index is 13.0. The average molecular weight is 515 g/mol. The van der Waals surface area contributed by atoms with Crippen LogP contribution >= 0.6 is 34.8 Å². The van der Waals surface area contributed by atoms with Crippen LogP contribution in [0.3, 0.4) is 0 Å². The molecule has 1 unspecified atom stereocenters. The van der Waals surface area contributed by atoms with Crippen molar-refractivity contribution in [2.24, 2.45) is 5.10 Å². The van der Waals surface area contributed by atoms with E-state index in [1.54, 1.807) is 6.07 Å². The first-order chi connectivity index (χ1) is 16.3. The quantitative estimate of drug-likeness (QED) is 0.399. The third-order valence-corrected chi connectivity index (χ3v) is 6.46. The van der Waals surface area contributed by atoms with Crippen LogP contribution in [0.25, 0.3) is 0 Å². The molecule has 174 valence electrons. The number of halogens is 3. The van der Waals surface area contributed by atoms with Crippen LogP contribution in [0.15, 0.2) is 65.8 Å². The number of hydrogen-bond acceptors (Lipinski definition) is 3. The van der Waals surface area contributed by atoms with E-state index in [-0.39, 0.29) is 45.7 Å². The lowest BCUT2D eigenvalue weighted by molar-refractivity contribution is -0.116. The Hall–Kier alpha value is -2.86. The molecule has 5 nitrogen and oxygen atoms in total. The zero-order valence-electron chi connectivity index (χ0n) is 18.6. The second-order valence-electron chi connectivity index (χ2n) is 8.10. The maximum absolute atomic E-state index is 13.0. The van der Waals surface area contributed by atoms with Crippen molar-refractivity contribution < 1.29 is 9.59 Å². The fourth-order valence-electron chi connectivity index (χ4n) is 3.97. The van der Waals surface area contributed by atoms with Crippen LogP contribution in [0.2, 0.25) is 15.1 Å². The third-order valence-electron chi connectivity index (χ3n) is 5.67. The first kappa shape index (κ1) is 24.3. The second-order valence-corrected chi connectivity index (χ2v) is 9.35. The Labute approximate surface area is 213 Å². The molecule has 1 aliphatic rings. The Morgan fingerprint density at radius 1 is 1.03 bits per heavy atom. The largest absolute Gasteiger partial charge is 0.308 e.